The standard InChI is InChI=1S/C13H18N2O3S/c16-12-7-18-13(8-14-12)9-15(3-4-17-10-13)6-11-2-1-5-19-11/h1-2,5H,3-4,6-10H2,(H,14,16)/t13-/m1/s1. The largest absolute Gasteiger partial charge is 0.377 e. The van der Waals surface area contributed by atoms with Crippen LogP contribution in [0.4, 0.5) is 0 Å². The molecule has 6 heteroatoms. The van der Waals surface area contributed by atoms with Crippen molar-refractivity contribution in [3.05, 3.63) is 22.4 Å². The molecule has 2 fully saturated rings. The lowest BCUT2D eigenvalue weighted by Gasteiger charge is -2.38. The SMILES string of the molecule is O=C1CO[C@@]2(CN1)COCCN(Cc1cccs1)C2. The van der Waals surface area contributed by atoms with Crippen LogP contribution >= 0.6 is 11.3 Å². The maximum absolute atomic E-state index is 11.2. The average Bonchev–Trinajstić information content (AvgIpc) is 2.83. The van der Waals surface area contributed by atoms with Crippen LogP contribution < -0.4 is 5.32 Å². The van der Waals surface area contributed by atoms with Crippen LogP contribution in [-0.4, -0.2) is 55.9 Å². The fourth-order valence-corrected chi connectivity index (χ4v) is 3.26. The molecule has 2 saturated heterocycles. The fourth-order valence-electron chi connectivity index (χ4n) is 2.52. The molecule has 1 aromatic rings. The Labute approximate surface area is 116 Å². The molecule has 104 valence electrons. The van der Waals surface area contributed by atoms with Gasteiger partial charge in [0.15, 0.2) is 0 Å². The maximum atomic E-state index is 11.2. The van der Waals surface area contributed by atoms with E-state index in [-0.39, 0.29) is 18.1 Å². The average molecular weight is 282 g/mol. The number of amides is 1. The second-order valence-electron chi connectivity index (χ2n) is 5.09. The molecule has 0 aromatic carbocycles. The smallest absolute Gasteiger partial charge is 0.246 e. The van der Waals surface area contributed by atoms with Crippen molar-refractivity contribution in [2.24, 2.45) is 0 Å². The van der Waals surface area contributed by atoms with Crippen molar-refractivity contribution in [1.82, 2.24) is 10.2 Å². The quantitative estimate of drug-likeness (QED) is 0.856. The van der Waals surface area contributed by atoms with Crippen molar-refractivity contribution in [1.29, 1.82) is 0 Å². The molecule has 1 spiro atoms. The molecule has 1 amide bonds. The molecule has 1 aromatic heterocycles. The molecule has 2 aliphatic rings. The third-order valence-electron chi connectivity index (χ3n) is 3.51. The Hall–Kier alpha value is -0.950. The number of morpholine rings is 1. The number of carbonyl (C=O) groups is 1. The highest BCUT2D eigenvalue weighted by molar-refractivity contribution is 7.09. The van der Waals surface area contributed by atoms with Gasteiger partial charge in [0.05, 0.1) is 19.8 Å². The molecule has 3 rings (SSSR count). The van der Waals surface area contributed by atoms with Gasteiger partial charge < -0.3 is 14.8 Å². The van der Waals surface area contributed by atoms with Crippen LogP contribution in [-0.2, 0) is 20.8 Å². The van der Waals surface area contributed by atoms with Crippen molar-refractivity contribution in [2.45, 2.75) is 12.1 Å². The lowest BCUT2D eigenvalue weighted by atomic mass is 10.0. The number of hydrogen-bond acceptors (Lipinski definition) is 5. The molecule has 0 radical (unpaired) electrons. The summed E-state index contributed by atoms with van der Waals surface area (Å²) in [5.41, 5.74) is -0.387. The summed E-state index contributed by atoms with van der Waals surface area (Å²) in [6, 6.07) is 4.22. The molecule has 1 N–H and O–H groups in total. The molecule has 2 aliphatic heterocycles. The zero-order valence-electron chi connectivity index (χ0n) is 10.8. The Morgan fingerprint density at radius 1 is 1.53 bits per heavy atom. The Balaban J connectivity index is 1.67. The van der Waals surface area contributed by atoms with Crippen LogP contribution in [0.5, 0.6) is 0 Å². The third kappa shape index (κ3) is 3.14. The van der Waals surface area contributed by atoms with E-state index in [9.17, 15) is 4.79 Å². The van der Waals surface area contributed by atoms with Gasteiger partial charge in [-0.1, -0.05) is 6.07 Å². The Morgan fingerprint density at radius 2 is 2.47 bits per heavy atom. The fraction of sp³-hybridized carbons (Fsp3) is 0.615. The molecule has 0 bridgehead atoms. The molecule has 0 unspecified atom stereocenters. The first-order valence-corrected chi connectivity index (χ1v) is 7.37. The van der Waals surface area contributed by atoms with Crippen LogP contribution in [0, 0.1) is 0 Å². The Bertz CT molecular complexity index is 425. The molecule has 1 atom stereocenters. The number of nitrogens with one attached hydrogen (secondary N) is 1. The van der Waals surface area contributed by atoms with E-state index in [1.54, 1.807) is 11.3 Å². The normalized spacial score (nSPS) is 29.2. The Kier molecular flexibility index (Phi) is 3.83. The second kappa shape index (κ2) is 5.58. The highest BCUT2D eigenvalue weighted by Crippen LogP contribution is 2.21. The van der Waals surface area contributed by atoms with Gasteiger partial charge in [-0.15, -0.1) is 11.3 Å². The van der Waals surface area contributed by atoms with Gasteiger partial charge in [-0.3, -0.25) is 9.69 Å². The van der Waals surface area contributed by atoms with Crippen LogP contribution in [0.1, 0.15) is 4.88 Å². The maximum Gasteiger partial charge on any atom is 0.246 e. The molecule has 5 nitrogen and oxygen atoms in total. The van der Waals surface area contributed by atoms with Crippen molar-refractivity contribution >= 4 is 17.2 Å². The van der Waals surface area contributed by atoms with E-state index < -0.39 is 0 Å². The first kappa shape index (κ1) is 13.1. The van der Waals surface area contributed by atoms with E-state index >= 15 is 0 Å². The van der Waals surface area contributed by atoms with Gasteiger partial charge in [0, 0.05) is 24.5 Å². The summed E-state index contributed by atoms with van der Waals surface area (Å²) in [4.78, 5) is 14.9. The zero-order valence-corrected chi connectivity index (χ0v) is 11.6. The van der Waals surface area contributed by atoms with E-state index in [0.29, 0.717) is 19.8 Å². The number of rotatable bonds is 2. The number of thiophene rings is 1. The van der Waals surface area contributed by atoms with E-state index in [2.05, 4.69) is 27.7 Å². The van der Waals surface area contributed by atoms with E-state index in [1.807, 2.05) is 0 Å². The number of nitrogens with zero attached hydrogens (tertiary/aromatic N) is 1. The van der Waals surface area contributed by atoms with E-state index in [1.165, 1.54) is 4.88 Å². The lowest BCUT2D eigenvalue weighted by molar-refractivity contribution is -0.151. The summed E-state index contributed by atoms with van der Waals surface area (Å²) in [5, 5.41) is 4.98. The molecule has 0 aliphatic carbocycles. The number of hydrogen-bond donors (Lipinski definition) is 1. The molecule has 0 saturated carbocycles. The second-order valence-corrected chi connectivity index (χ2v) is 6.12. The van der Waals surface area contributed by atoms with Gasteiger partial charge >= 0.3 is 0 Å². The van der Waals surface area contributed by atoms with E-state index in [4.69, 9.17) is 9.47 Å². The van der Waals surface area contributed by atoms with E-state index in [0.717, 1.165) is 19.6 Å². The minimum absolute atomic E-state index is 0.0420. The summed E-state index contributed by atoms with van der Waals surface area (Å²) < 4.78 is 11.4. The topological polar surface area (TPSA) is 50.8 Å². The van der Waals surface area contributed by atoms with Gasteiger partial charge in [-0.2, -0.15) is 0 Å². The molecule has 19 heavy (non-hydrogen) atoms. The molecule has 3 heterocycles. The summed E-state index contributed by atoms with van der Waals surface area (Å²) in [5.74, 6) is -0.0420. The Morgan fingerprint density at radius 3 is 3.21 bits per heavy atom. The highest BCUT2D eigenvalue weighted by Gasteiger charge is 2.39. The van der Waals surface area contributed by atoms with Gasteiger partial charge in [0.2, 0.25) is 5.91 Å². The van der Waals surface area contributed by atoms with Gasteiger partial charge in [0.25, 0.3) is 0 Å². The highest BCUT2D eigenvalue weighted by atomic mass is 32.1. The summed E-state index contributed by atoms with van der Waals surface area (Å²) in [6.45, 7) is 4.55. The lowest BCUT2D eigenvalue weighted by Crippen LogP contribution is -2.59. The summed E-state index contributed by atoms with van der Waals surface area (Å²) in [7, 11) is 0. The first-order valence-electron chi connectivity index (χ1n) is 6.49. The van der Waals surface area contributed by atoms with Crippen LogP contribution in [0.25, 0.3) is 0 Å². The number of ether oxygens (including phenoxy) is 2. The predicted molar refractivity (Wildman–Crippen MR) is 72.1 cm³/mol. The molecular weight excluding hydrogens is 264 g/mol. The van der Waals surface area contributed by atoms with Crippen molar-refractivity contribution in [2.75, 3.05) is 39.5 Å². The monoisotopic (exact) mass is 282 g/mol. The van der Waals surface area contributed by atoms with Crippen molar-refractivity contribution in [3.63, 3.8) is 0 Å². The van der Waals surface area contributed by atoms with Crippen molar-refractivity contribution < 1.29 is 14.3 Å². The molecular formula is C13H18N2O3S. The minimum atomic E-state index is -0.387. The van der Waals surface area contributed by atoms with Gasteiger partial charge in [0.1, 0.15) is 12.2 Å². The van der Waals surface area contributed by atoms with Gasteiger partial charge in [-0.25, -0.2) is 0 Å². The number of carbonyl (C=O) groups excluding carboxylic acids is 1. The van der Waals surface area contributed by atoms with Crippen LogP contribution in [0.2, 0.25) is 0 Å². The first-order chi connectivity index (χ1) is 9.26. The summed E-state index contributed by atoms with van der Waals surface area (Å²) >= 11 is 1.77. The zero-order chi connectivity index (χ0) is 13.1. The third-order valence-corrected chi connectivity index (χ3v) is 4.37. The predicted octanol–water partition coefficient (Wildman–Crippen LogP) is 0.466. The summed E-state index contributed by atoms with van der Waals surface area (Å²) in [6.07, 6.45) is 0. The van der Waals surface area contributed by atoms with Gasteiger partial charge in [-0.05, 0) is 11.4 Å². The van der Waals surface area contributed by atoms with Crippen LogP contribution in [0.3, 0.4) is 0 Å². The van der Waals surface area contributed by atoms with Crippen molar-refractivity contribution in [3.8, 4) is 0 Å². The minimum Gasteiger partial charge on any atom is -0.377 e. The van der Waals surface area contributed by atoms with Crippen LogP contribution in [0.15, 0.2) is 17.5 Å².